The van der Waals surface area contributed by atoms with E-state index in [2.05, 4.69) is 25.3 Å². The molecule has 3 rings (SSSR count). The van der Waals surface area contributed by atoms with Crippen molar-refractivity contribution in [3.63, 3.8) is 0 Å². The molecule has 0 fully saturated rings. The van der Waals surface area contributed by atoms with Gasteiger partial charge in [0, 0.05) is 11.9 Å². The molecule has 4 N–H and O–H groups in total. The summed E-state index contributed by atoms with van der Waals surface area (Å²) < 4.78 is 41.5. The van der Waals surface area contributed by atoms with Crippen LogP contribution in [0.1, 0.15) is 27.8 Å². The number of rotatable bonds is 7. The molecule has 0 radical (unpaired) electrons. The fourth-order valence-corrected chi connectivity index (χ4v) is 3.36. The minimum Gasteiger partial charge on any atom is -0.404 e. The number of fused-ring (bicyclic) bond motifs is 1. The molecule has 3 aromatic rings. The number of nitrogens with two attached hydrogens (primary N) is 1. The van der Waals surface area contributed by atoms with Gasteiger partial charge in [0.15, 0.2) is 0 Å². The van der Waals surface area contributed by atoms with Gasteiger partial charge in [-0.1, -0.05) is 23.7 Å². The zero-order valence-electron chi connectivity index (χ0n) is 16.5. The molecule has 2 aromatic carbocycles. The van der Waals surface area contributed by atoms with Crippen LogP contribution in [0, 0.1) is 6.92 Å². The molecule has 0 unspecified atom stereocenters. The Kier molecular flexibility index (Phi) is 6.51. The van der Waals surface area contributed by atoms with Crippen LogP contribution in [0.2, 0.25) is 5.02 Å². The molecule has 1 atom stereocenters. The Labute approximate surface area is 180 Å². The first kappa shape index (κ1) is 22.6. The summed E-state index contributed by atoms with van der Waals surface area (Å²) in [5.74, 6) is -0.250. The van der Waals surface area contributed by atoms with Crippen molar-refractivity contribution in [1.82, 2.24) is 15.3 Å². The molecule has 7 nitrogen and oxygen atoms in total. The number of nitrogens with one attached hydrogen (secondary N) is 2. The number of hydrogen-bond acceptors (Lipinski definition) is 6. The quantitative estimate of drug-likeness (QED) is 0.500. The van der Waals surface area contributed by atoms with Gasteiger partial charge in [-0.15, -0.1) is 13.2 Å². The summed E-state index contributed by atoms with van der Waals surface area (Å²) >= 11 is 6.01. The molecule has 0 saturated carbocycles. The highest BCUT2D eigenvalue weighted by Crippen LogP contribution is 2.33. The summed E-state index contributed by atoms with van der Waals surface area (Å²) in [6.45, 7) is 2.07. The average Bonchev–Trinajstić information content (AvgIpc) is 2.67. The topological polar surface area (TPSA) is 102 Å². The van der Waals surface area contributed by atoms with Gasteiger partial charge >= 0.3 is 6.36 Å². The Hall–Kier alpha value is -3.11. The number of ether oxygens (including phenoxy) is 1. The molecule has 31 heavy (non-hydrogen) atoms. The molecule has 0 aliphatic rings. The molecule has 1 amide bonds. The second-order valence-corrected chi connectivity index (χ2v) is 7.08. The smallest absolute Gasteiger partial charge is 0.404 e. The molecule has 0 spiro atoms. The number of benzene rings is 2. The van der Waals surface area contributed by atoms with Crippen LogP contribution in [0.15, 0.2) is 36.4 Å². The van der Waals surface area contributed by atoms with Gasteiger partial charge in [0.25, 0.3) is 5.91 Å². The van der Waals surface area contributed by atoms with Gasteiger partial charge in [0.1, 0.15) is 17.4 Å². The fourth-order valence-electron chi connectivity index (χ4n) is 3.14. The Balaban J connectivity index is 2.01. The molecule has 0 bridgehead atoms. The maximum atomic E-state index is 12.5. The van der Waals surface area contributed by atoms with E-state index in [-0.39, 0.29) is 10.6 Å². The van der Waals surface area contributed by atoms with E-state index < -0.39 is 24.1 Å². The van der Waals surface area contributed by atoms with Crippen LogP contribution in [-0.4, -0.2) is 35.8 Å². The summed E-state index contributed by atoms with van der Waals surface area (Å²) in [5, 5.41) is 6.66. The number of primary amides is 1. The Morgan fingerprint density at radius 3 is 2.61 bits per heavy atom. The van der Waals surface area contributed by atoms with E-state index in [1.165, 1.54) is 12.1 Å². The average molecular weight is 454 g/mol. The molecule has 1 heterocycles. The number of aryl methyl sites for hydroxylation is 1. The molecular formula is C20H19ClF3N5O2. The number of hydrogen-bond donors (Lipinski definition) is 3. The number of likely N-dealkylation sites (N-methyl/N-ethyl adjacent to an activating group) is 1. The van der Waals surface area contributed by atoms with Crippen molar-refractivity contribution in [3.8, 4) is 5.75 Å². The normalized spacial score (nSPS) is 12.6. The molecule has 1 aromatic heterocycles. The van der Waals surface area contributed by atoms with Gasteiger partial charge < -0.3 is 21.1 Å². The highest BCUT2D eigenvalue weighted by atomic mass is 35.5. The van der Waals surface area contributed by atoms with Crippen LogP contribution in [-0.2, 0) is 0 Å². The van der Waals surface area contributed by atoms with Crippen molar-refractivity contribution in [2.24, 2.45) is 5.73 Å². The molecule has 11 heteroatoms. The van der Waals surface area contributed by atoms with Crippen molar-refractivity contribution < 1.29 is 22.7 Å². The predicted molar refractivity (Wildman–Crippen MR) is 111 cm³/mol. The first-order valence-corrected chi connectivity index (χ1v) is 9.50. The molecule has 0 aliphatic heterocycles. The summed E-state index contributed by atoms with van der Waals surface area (Å²) in [5.41, 5.74) is 6.72. The molecule has 164 valence electrons. The monoisotopic (exact) mass is 453 g/mol. The molecule has 0 saturated heterocycles. The van der Waals surface area contributed by atoms with Gasteiger partial charge in [-0.3, -0.25) is 4.79 Å². The van der Waals surface area contributed by atoms with E-state index in [0.717, 1.165) is 6.07 Å². The fraction of sp³-hybridized carbons (Fsp3) is 0.250. The summed E-state index contributed by atoms with van der Waals surface area (Å²) in [7, 11) is 1.73. The third-order valence-corrected chi connectivity index (χ3v) is 4.70. The minimum absolute atomic E-state index is 0.183. The van der Waals surface area contributed by atoms with E-state index in [0.29, 0.717) is 34.7 Å². The van der Waals surface area contributed by atoms with Crippen LogP contribution in [0.3, 0.4) is 0 Å². The minimum atomic E-state index is -4.84. The number of halogens is 4. The number of aromatic nitrogens is 2. The zero-order chi connectivity index (χ0) is 22.8. The number of carbonyl (C=O) groups is 1. The van der Waals surface area contributed by atoms with E-state index in [9.17, 15) is 18.0 Å². The molecular weight excluding hydrogens is 435 g/mol. The van der Waals surface area contributed by atoms with Gasteiger partial charge in [0.2, 0.25) is 0 Å². The van der Waals surface area contributed by atoms with E-state index >= 15 is 0 Å². The Morgan fingerprint density at radius 2 is 2.00 bits per heavy atom. The van der Waals surface area contributed by atoms with Crippen molar-refractivity contribution >= 4 is 34.2 Å². The predicted octanol–water partition coefficient (Wildman–Crippen LogP) is 3.96. The second kappa shape index (κ2) is 8.94. The number of nitrogens with zero attached hydrogens (tertiary/aromatic N) is 2. The lowest BCUT2D eigenvalue weighted by Gasteiger charge is -2.22. The van der Waals surface area contributed by atoms with Crippen LogP contribution < -0.4 is 21.1 Å². The Morgan fingerprint density at radius 1 is 1.26 bits per heavy atom. The standard InChI is InChI=1S/C20H19ClF3N5O2/c1-10-27-17-12(18(25)30)4-3-5-13(17)19(28-10)29-15(9-26-2)11-6-7-16(14(21)8-11)31-20(22,23)24/h3-8,15,26H,9H2,1-2H3,(H2,25,30)(H,27,28,29)/t15-/m1/s1. The number of para-hydroxylation sites is 1. The van der Waals surface area contributed by atoms with E-state index in [1.807, 2.05) is 0 Å². The van der Waals surface area contributed by atoms with Crippen LogP contribution >= 0.6 is 11.6 Å². The first-order valence-electron chi connectivity index (χ1n) is 9.12. The van der Waals surface area contributed by atoms with Crippen molar-refractivity contribution in [3.05, 3.63) is 58.4 Å². The number of amides is 1. The van der Waals surface area contributed by atoms with Gasteiger partial charge in [0.05, 0.1) is 22.1 Å². The van der Waals surface area contributed by atoms with Crippen molar-refractivity contribution in [2.75, 3.05) is 18.9 Å². The zero-order valence-corrected chi connectivity index (χ0v) is 17.3. The number of carbonyl (C=O) groups excluding carboxylic acids is 1. The van der Waals surface area contributed by atoms with Crippen LogP contribution in [0.4, 0.5) is 19.0 Å². The third-order valence-electron chi connectivity index (χ3n) is 4.41. The van der Waals surface area contributed by atoms with Gasteiger partial charge in [-0.2, -0.15) is 0 Å². The number of anilines is 1. The number of alkyl halides is 3. The van der Waals surface area contributed by atoms with E-state index in [4.69, 9.17) is 17.3 Å². The van der Waals surface area contributed by atoms with Crippen molar-refractivity contribution in [1.29, 1.82) is 0 Å². The molecule has 0 aliphatic carbocycles. The van der Waals surface area contributed by atoms with E-state index in [1.54, 1.807) is 32.2 Å². The lowest BCUT2D eigenvalue weighted by molar-refractivity contribution is -0.274. The van der Waals surface area contributed by atoms with Gasteiger partial charge in [-0.25, -0.2) is 9.97 Å². The van der Waals surface area contributed by atoms with Gasteiger partial charge in [-0.05, 0) is 43.8 Å². The lowest BCUT2D eigenvalue weighted by Crippen LogP contribution is -2.24. The second-order valence-electron chi connectivity index (χ2n) is 6.68. The summed E-state index contributed by atoms with van der Waals surface area (Å²) in [4.78, 5) is 20.5. The summed E-state index contributed by atoms with van der Waals surface area (Å²) in [6.07, 6.45) is -4.84. The van der Waals surface area contributed by atoms with Crippen molar-refractivity contribution in [2.45, 2.75) is 19.3 Å². The highest BCUT2D eigenvalue weighted by Gasteiger charge is 2.32. The Bertz CT molecular complexity index is 1120. The maximum Gasteiger partial charge on any atom is 0.573 e. The highest BCUT2D eigenvalue weighted by molar-refractivity contribution is 6.32. The van der Waals surface area contributed by atoms with Crippen LogP contribution in [0.25, 0.3) is 10.9 Å². The SMILES string of the molecule is CNC[C@@H](Nc1nc(C)nc2c(C(N)=O)cccc12)c1ccc(OC(F)(F)F)c(Cl)c1. The van der Waals surface area contributed by atoms with Crippen LogP contribution in [0.5, 0.6) is 5.75 Å². The third kappa shape index (κ3) is 5.33. The summed E-state index contributed by atoms with van der Waals surface area (Å²) in [6, 6.07) is 8.59. The maximum absolute atomic E-state index is 12.5. The lowest BCUT2D eigenvalue weighted by atomic mass is 10.1. The largest absolute Gasteiger partial charge is 0.573 e. The first-order chi connectivity index (χ1) is 14.6.